The zero-order chi connectivity index (χ0) is 14.6. The van der Waals surface area contributed by atoms with Crippen molar-refractivity contribution >= 4 is 11.9 Å². The standard InChI is InChI=1S/C13H17FN2O3/c1-3-13(2,12(18)19)16-7-9-6-8(11(15)17)4-5-10(9)14/h4-6,16H,3,7H2,1-2H3,(H2,15,17)(H,18,19). The summed E-state index contributed by atoms with van der Waals surface area (Å²) in [6.07, 6.45) is 0.347. The number of benzene rings is 1. The second kappa shape index (κ2) is 5.79. The Balaban J connectivity index is 2.91. The summed E-state index contributed by atoms with van der Waals surface area (Å²) >= 11 is 0. The van der Waals surface area contributed by atoms with Crippen molar-refractivity contribution in [3.8, 4) is 0 Å². The van der Waals surface area contributed by atoms with E-state index in [1.54, 1.807) is 6.92 Å². The quantitative estimate of drug-likeness (QED) is 0.724. The molecule has 4 N–H and O–H groups in total. The van der Waals surface area contributed by atoms with Gasteiger partial charge < -0.3 is 10.8 Å². The highest BCUT2D eigenvalue weighted by molar-refractivity contribution is 5.92. The van der Waals surface area contributed by atoms with Crippen molar-refractivity contribution < 1.29 is 19.1 Å². The molecule has 1 rings (SSSR count). The number of nitrogens with one attached hydrogen (secondary N) is 1. The summed E-state index contributed by atoms with van der Waals surface area (Å²) in [5.41, 5.74) is 4.36. The average Bonchev–Trinajstić information content (AvgIpc) is 2.36. The fourth-order valence-electron chi connectivity index (χ4n) is 1.51. The van der Waals surface area contributed by atoms with Crippen molar-refractivity contribution in [1.29, 1.82) is 0 Å². The number of carboxylic acids is 1. The highest BCUT2D eigenvalue weighted by Crippen LogP contribution is 2.14. The van der Waals surface area contributed by atoms with Gasteiger partial charge in [-0.1, -0.05) is 6.92 Å². The van der Waals surface area contributed by atoms with Gasteiger partial charge >= 0.3 is 5.97 Å². The third-order valence-electron chi connectivity index (χ3n) is 3.18. The Labute approximate surface area is 110 Å². The topological polar surface area (TPSA) is 92.4 Å². The van der Waals surface area contributed by atoms with E-state index >= 15 is 0 Å². The van der Waals surface area contributed by atoms with Gasteiger partial charge in [-0.25, -0.2) is 4.39 Å². The molecule has 1 aromatic rings. The summed E-state index contributed by atoms with van der Waals surface area (Å²) in [6, 6.07) is 3.75. The van der Waals surface area contributed by atoms with Gasteiger partial charge in [-0.2, -0.15) is 0 Å². The molecule has 0 saturated heterocycles. The minimum atomic E-state index is -1.14. The molecular weight excluding hydrogens is 251 g/mol. The monoisotopic (exact) mass is 268 g/mol. The van der Waals surface area contributed by atoms with E-state index in [9.17, 15) is 14.0 Å². The molecule has 0 aliphatic carbocycles. The summed E-state index contributed by atoms with van der Waals surface area (Å²) in [4.78, 5) is 22.1. The molecule has 104 valence electrons. The van der Waals surface area contributed by atoms with Crippen LogP contribution in [0.2, 0.25) is 0 Å². The Morgan fingerprint density at radius 3 is 2.58 bits per heavy atom. The molecular formula is C13H17FN2O3. The van der Waals surface area contributed by atoms with E-state index in [0.29, 0.717) is 6.42 Å². The van der Waals surface area contributed by atoms with E-state index < -0.39 is 23.2 Å². The minimum Gasteiger partial charge on any atom is -0.480 e. The molecule has 0 saturated carbocycles. The third-order valence-corrected chi connectivity index (χ3v) is 3.18. The van der Waals surface area contributed by atoms with Crippen LogP contribution in [0.1, 0.15) is 36.2 Å². The number of aliphatic carboxylic acids is 1. The van der Waals surface area contributed by atoms with Crippen molar-refractivity contribution in [3.05, 3.63) is 35.1 Å². The van der Waals surface area contributed by atoms with Crippen molar-refractivity contribution in [2.24, 2.45) is 5.73 Å². The molecule has 1 aromatic carbocycles. The van der Waals surface area contributed by atoms with Crippen LogP contribution in [0.25, 0.3) is 0 Å². The number of carbonyl (C=O) groups is 2. The maximum absolute atomic E-state index is 13.6. The molecule has 5 nitrogen and oxygen atoms in total. The van der Waals surface area contributed by atoms with Crippen molar-refractivity contribution in [1.82, 2.24) is 5.32 Å². The van der Waals surface area contributed by atoms with Crippen LogP contribution in [0.4, 0.5) is 4.39 Å². The fraction of sp³-hybridized carbons (Fsp3) is 0.385. The van der Waals surface area contributed by atoms with Crippen LogP contribution in [0.5, 0.6) is 0 Å². The normalized spacial score (nSPS) is 13.8. The predicted octanol–water partition coefficient (Wildman–Crippen LogP) is 1.27. The van der Waals surface area contributed by atoms with Crippen molar-refractivity contribution in [3.63, 3.8) is 0 Å². The Hall–Kier alpha value is -1.95. The number of carbonyl (C=O) groups excluding carboxylic acids is 1. The summed E-state index contributed by atoms with van der Waals surface area (Å²) in [6.45, 7) is 3.24. The van der Waals surface area contributed by atoms with Gasteiger partial charge in [-0.3, -0.25) is 14.9 Å². The van der Waals surface area contributed by atoms with Crippen LogP contribution in [-0.2, 0) is 11.3 Å². The van der Waals surface area contributed by atoms with Crippen LogP contribution in [0, 0.1) is 5.82 Å². The molecule has 6 heteroatoms. The van der Waals surface area contributed by atoms with E-state index in [2.05, 4.69) is 5.32 Å². The van der Waals surface area contributed by atoms with E-state index in [4.69, 9.17) is 10.8 Å². The van der Waals surface area contributed by atoms with Crippen LogP contribution < -0.4 is 11.1 Å². The Bertz CT molecular complexity index is 505. The van der Waals surface area contributed by atoms with Gasteiger partial charge in [0.1, 0.15) is 11.4 Å². The number of carboxylic acid groups (broad SMARTS) is 1. The molecule has 0 aliphatic heterocycles. The molecule has 0 radical (unpaired) electrons. The van der Waals surface area contributed by atoms with Crippen molar-refractivity contribution in [2.45, 2.75) is 32.4 Å². The first-order valence-electron chi connectivity index (χ1n) is 5.87. The molecule has 0 aliphatic rings. The minimum absolute atomic E-state index is 0.00356. The van der Waals surface area contributed by atoms with Crippen LogP contribution in [0.15, 0.2) is 18.2 Å². The van der Waals surface area contributed by atoms with Gasteiger partial charge in [0.2, 0.25) is 5.91 Å². The summed E-state index contributed by atoms with van der Waals surface area (Å²) in [5.74, 6) is -2.18. The Morgan fingerprint density at radius 2 is 2.11 bits per heavy atom. The van der Waals surface area contributed by atoms with E-state index in [1.807, 2.05) is 0 Å². The first-order chi connectivity index (χ1) is 8.80. The lowest BCUT2D eigenvalue weighted by Crippen LogP contribution is -2.48. The van der Waals surface area contributed by atoms with E-state index in [0.717, 1.165) is 6.07 Å². The van der Waals surface area contributed by atoms with E-state index in [1.165, 1.54) is 19.1 Å². The summed E-state index contributed by atoms with van der Waals surface area (Å²) < 4.78 is 13.6. The number of halogens is 1. The second-order valence-corrected chi connectivity index (χ2v) is 4.51. The maximum Gasteiger partial charge on any atom is 0.323 e. The average molecular weight is 268 g/mol. The van der Waals surface area contributed by atoms with Gasteiger partial charge in [0.05, 0.1) is 0 Å². The SMILES string of the molecule is CCC(C)(NCc1cc(C(N)=O)ccc1F)C(=O)O. The number of hydrogen-bond donors (Lipinski definition) is 3. The highest BCUT2D eigenvalue weighted by atomic mass is 19.1. The van der Waals surface area contributed by atoms with Gasteiger partial charge in [0, 0.05) is 17.7 Å². The fourth-order valence-corrected chi connectivity index (χ4v) is 1.51. The van der Waals surface area contributed by atoms with Crippen molar-refractivity contribution in [2.75, 3.05) is 0 Å². The maximum atomic E-state index is 13.6. The number of primary amides is 1. The molecule has 0 bridgehead atoms. The Morgan fingerprint density at radius 1 is 1.47 bits per heavy atom. The predicted molar refractivity (Wildman–Crippen MR) is 68.1 cm³/mol. The van der Waals surface area contributed by atoms with Crippen LogP contribution in [-0.4, -0.2) is 22.5 Å². The van der Waals surface area contributed by atoms with Crippen LogP contribution in [0.3, 0.4) is 0 Å². The first kappa shape index (κ1) is 15.1. The van der Waals surface area contributed by atoms with Crippen LogP contribution >= 0.6 is 0 Å². The van der Waals surface area contributed by atoms with Gasteiger partial charge in [0.25, 0.3) is 0 Å². The van der Waals surface area contributed by atoms with Gasteiger partial charge in [-0.15, -0.1) is 0 Å². The van der Waals surface area contributed by atoms with Gasteiger partial charge in [-0.05, 0) is 31.5 Å². The summed E-state index contributed by atoms with van der Waals surface area (Å²) in [5, 5.41) is 11.9. The molecule has 0 heterocycles. The molecule has 1 unspecified atom stereocenters. The molecule has 0 spiro atoms. The third kappa shape index (κ3) is 3.51. The smallest absolute Gasteiger partial charge is 0.323 e. The van der Waals surface area contributed by atoms with Gasteiger partial charge in [0.15, 0.2) is 0 Å². The zero-order valence-corrected chi connectivity index (χ0v) is 10.9. The number of nitrogens with two attached hydrogens (primary N) is 1. The molecule has 0 aromatic heterocycles. The molecule has 0 fully saturated rings. The highest BCUT2D eigenvalue weighted by Gasteiger charge is 2.30. The lowest BCUT2D eigenvalue weighted by Gasteiger charge is -2.24. The molecule has 19 heavy (non-hydrogen) atoms. The molecule has 1 amide bonds. The van der Waals surface area contributed by atoms with E-state index in [-0.39, 0.29) is 17.7 Å². The lowest BCUT2D eigenvalue weighted by molar-refractivity contribution is -0.144. The summed E-state index contributed by atoms with van der Waals surface area (Å²) in [7, 11) is 0. The second-order valence-electron chi connectivity index (χ2n) is 4.51. The first-order valence-corrected chi connectivity index (χ1v) is 5.87. The number of rotatable bonds is 6. The zero-order valence-electron chi connectivity index (χ0n) is 10.9. The Kier molecular flexibility index (Phi) is 4.61. The molecule has 1 atom stereocenters. The lowest BCUT2D eigenvalue weighted by atomic mass is 9.98. The number of amides is 1. The largest absolute Gasteiger partial charge is 0.480 e. The number of hydrogen-bond acceptors (Lipinski definition) is 3.